The van der Waals surface area contributed by atoms with Gasteiger partial charge in [0.15, 0.2) is 0 Å². The molecule has 0 saturated heterocycles. The Labute approximate surface area is 212 Å². The van der Waals surface area contributed by atoms with Crippen molar-refractivity contribution in [3.05, 3.63) is 137 Å². The van der Waals surface area contributed by atoms with Crippen LogP contribution in [0.3, 0.4) is 0 Å². The number of hydrogen-bond donors (Lipinski definition) is 0. The van der Waals surface area contributed by atoms with E-state index >= 15 is 0 Å². The molecule has 0 N–H and O–H groups in total. The first-order valence-electron chi connectivity index (χ1n) is 12.1. The molecule has 0 fully saturated rings. The van der Waals surface area contributed by atoms with Crippen LogP contribution in [-0.4, -0.2) is 12.6 Å². The minimum Gasteiger partial charge on any atom is -0.489 e. The van der Waals surface area contributed by atoms with Crippen LogP contribution in [0.5, 0.6) is 11.5 Å². The van der Waals surface area contributed by atoms with Gasteiger partial charge in [0.2, 0.25) is 0 Å². The van der Waals surface area contributed by atoms with Gasteiger partial charge in [-0.05, 0) is 41.8 Å². The minimum atomic E-state index is -0.334. The summed E-state index contributed by atoms with van der Waals surface area (Å²) in [6.45, 7) is 2.98. The number of rotatable bonds is 11. The summed E-state index contributed by atoms with van der Waals surface area (Å²) in [5, 5.41) is 0. The van der Waals surface area contributed by atoms with Crippen molar-refractivity contribution in [2.45, 2.75) is 26.6 Å². The zero-order valence-electron chi connectivity index (χ0n) is 20.4. The van der Waals surface area contributed by atoms with Gasteiger partial charge in [-0.25, -0.2) is 4.79 Å². The van der Waals surface area contributed by atoms with Gasteiger partial charge >= 0.3 is 5.97 Å². The van der Waals surface area contributed by atoms with Crippen LogP contribution in [0.15, 0.2) is 115 Å². The minimum absolute atomic E-state index is 0.314. The Hall–Kier alpha value is -4.31. The monoisotopic (exact) mass is 478 g/mol. The molecule has 4 rings (SSSR count). The second-order valence-corrected chi connectivity index (χ2v) is 8.30. The van der Waals surface area contributed by atoms with Crippen molar-refractivity contribution in [3.8, 4) is 11.5 Å². The molecule has 4 heteroatoms. The van der Waals surface area contributed by atoms with Gasteiger partial charge in [0.05, 0.1) is 6.61 Å². The Kier molecular flexibility index (Phi) is 8.93. The summed E-state index contributed by atoms with van der Waals surface area (Å²) >= 11 is 0. The van der Waals surface area contributed by atoms with E-state index in [2.05, 4.69) is 0 Å². The molecule has 0 heterocycles. The zero-order chi connectivity index (χ0) is 25.0. The van der Waals surface area contributed by atoms with E-state index in [0.29, 0.717) is 43.3 Å². The molecule has 0 aliphatic carbocycles. The highest BCUT2D eigenvalue weighted by atomic mass is 16.5. The maximum absolute atomic E-state index is 12.8. The fourth-order valence-corrected chi connectivity index (χ4v) is 3.73. The van der Waals surface area contributed by atoms with Gasteiger partial charge in [-0.15, -0.1) is 0 Å². The van der Waals surface area contributed by atoms with Crippen molar-refractivity contribution >= 4 is 12.0 Å². The second-order valence-electron chi connectivity index (χ2n) is 8.30. The average Bonchev–Trinajstić information content (AvgIpc) is 2.93. The maximum Gasteiger partial charge on any atom is 0.334 e. The Morgan fingerprint density at radius 3 is 1.83 bits per heavy atom. The van der Waals surface area contributed by atoms with Crippen LogP contribution >= 0.6 is 0 Å². The molecule has 4 aromatic rings. The standard InChI is InChI=1S/C32H30O4/c1-2-34-32(33)29(20-25-12-6-3-7-13-25)21-28-18-19-30(35-23-26-14-8-4-9-15-26)22-31(28)36-24-27-16-10-5-11-17-27/h3-19,21-22H,2,20,23-24H2,1H3. The molecule has 0 bridgehead atoms. The summed E-state index contributed by atoms with van der Waals surface area (Å²) in [4.78, 5) is 12.8. The molecule has 0 aliphatic heterocycles. The van der Waals surface area contributed by atoms with Crippen molar-refractivity contribution in [1.29, 1.82) is 0 Å². The van der Waals surface area contributed by atoms with E-state index in [1.54, 1.807) is 0 Å². The summed E-state index contributed by atoms with van der Waals surface area (Å²) < 4.78 is 17.6. The molecule has 0 saturated carbocycles. The third kappa shape index (κ3) is 7.34. The topological polar surface area (TPSA) is 44.8 Å². The van der Waals surface area contributed by atoms with Crippen LogP contribution in [0, 0.1) is 0 Å². The average molecular weight is 479 g/mol. The van der Waals surface area contributed by atoms with Gasteiger partial charge in [-0.1, -0.05) is 91.0 Å². The molecule has 0 amide bonds. The predicted octanol–water partition coefficient (Wildman–Crippen LogP) is 7.03. The summed E-state index contributed by atoms with van der Waals surface area (Å²) in [6, 6.07) is 35.6. The van der Waals surface area contributed by atoms with Crippen LogP contribution in [0.25, 0.3) is 6.08 Å². The number of esters is 1. The number of benzene rings is 4. The van der Waals surface area contributed by atoms with Crippen LogP contribution < -0.4 is 9.47 Å². The van der Waals surface area contributed by atoms with E-state index < -0.39 is 0 Å². The Morgan fingerprint density at radius 1 is 0.694 bits per heavy atom. The summed E-state index contributed by atoms with van der Waals surface area (Å²) in [5.41, 5.74) is 4.52. The highest BCUT2D eigenvalue weighted by molar-refractivity contribution is 5.94. The first-order valence-corrected chi connectivity index (χ1v) is 12.1. The van der Waals surface area contributed by atoms with Gasteiger partial charge in [-0.3, -0.25) is 0 Å². The van der Waals surface area contributed by atoms with Crippen molar-refractivity contribution in [2.24, 2.45) is 0 Å². The fraction of sp³-hybridized carbons (Fsp3) is 0.156. The molecule has 0 aromatic heterocycles. The molecular formula is C32H30O4. The van der Waals surface area contributed by atoms with E-state index in [4.69, 9.17) is 14.2 Å². The van der Waals surface area contributed by atoms with E-state index in [1.165, 1.54) is 0 Å². The van der Waals surface area contributed by atoms with Crippen LogP contribution in [-0.2, 0) is 29.2 Å². The maximum atomic E-state index is 12.8. The van der Waals surface area contributed by atoms with E-state index in [0.717, 1.165) is 22.3 Å². The Balaban J connectivity index is 1.63. The number of ether oxygens (including phenoxy) is 3. The lowest BCUT2D eigenvalue weighted by Gasteiger charge is -2.14. The molecule has 4 nitrogen and oxygen atoms in total. The SMILES string of the molecule is CCOC(=O)C(=Cc1ccc(OCc2ccccc2)cc1OCc1ccccc1)Cc1ccccc1. The van der Waals surface area contributed by atoms with E-state index in [1.807, 2.05) is 122 Å². The van der Waals surface area contributed by atoms with Crippen molar-refractivity contribution < 1.29 is 19.0 Å². The van der Waals surface area contributed by atoms with Gasteiger partial charge in [0.25, 0.3) is 0 Å². The lowest BCUT2D eigenvalue weighted by atomic mass is 10.0. The highest BCUT2D eigenvalue weighted by Gasteiger charge is 2.14. The van der Waals surface area contributed by atoms with Crippen LogP contribution in [0.1, 0.15) is 29.2 Å². The molecule has 0 atom stereocenters. The van der Waals surface area contributed by atoms with Gasteiger partial charge in [0.1, 0.15) is 24.7 Å². The third-order valence-corrected chi connectivity index (χ3v) is 5.58. The summed E-state index contributed by atoms with van der Waals surface area (Å²) in [7, 11) is 0. The van der Waals surface area contributed by atoms with Crippen molar-refractivity contribution in [1.82, 2.24) is 0 Å². The number of carbonyl (C=O) groups is 1. The van der Waals surface area contributed by atoms with Crippen LogP contribution in [0.2, 0.25) is 0 Å². The number of hydrogen-bond acceptors (Lipinski definition) is 4. The van der Waals surface area contributed by atoms with Crippen molar-refractivity contribution in [3.63, 3.8) is 0 Å². The summed E-state index contributed by atoms with van der Waals surface area (Å²) in [5.74, 6) is 0.999. The summed E-state index contributed by atoms with van der Waals surface area (Å²) in [6.07, 6.45) is 2.32. The molecule has 0 unspecified atom stereocenters. The largest absolute Gasteiger partial charge is 0.489 e. The third-order valence-electron chi connectivity index (χ3n) is 5.58. The predicted molar refractivity (Wildman–Crippen MR) is 143 cm³/mol. The second kappa shape index (κ2) is 13.0. The first kappa shape index (κ1) is 24.8. The lowest BCUT2D eigenvalue weighted by molar-refractivity contribution is -0.138. The van der Waals surface area contributed by atoms with Gasteiger partial charge < -0.3 is 14.2 Å². The lowest BCUT2D eigenvalue weighted by Crippen LogP contribution is -2.10. The first-order chi connectivity index (χ1) is 17.7. The normalized spacial score (nSPS) is 11.1. The molecule has 0 radical (unpaired) electrons. The molecule has 182 valence electrons. The van der Waals surface area contributed by atoms with E-state index in [9.17, 15) is 4.79 Å². The van der Waals surface area contributed by atoms with Gasteiger partial charge in [-0.2, -0.15) is 0 Å². The van der Waals surface area contributed by atoms with E-state index in [-0.39, 0.29) is 5.97 Å². The molecule has 36 heavy (non-hydrogen) atoms. The Bertz CT molecular complexity index is 1270. The smallest absolute Gasteiger partial charge is 0.334 e. The van der Waals surface area contributed by atoms with Gasteiger partial charge in [0, 0.05) is 23.6 Å². The van der Waals surface area contributed by atoms with Crippen molar-refractivity contribution in [2.75, 3.05) is 6.61 Å². The molecule has 0 spiro atoms. The highest BCUT2D eigenvalue weighted by Crippen LogP contribution is 2.29. The number of carbonyl (C=O) groups excluding carboxylic acids is 1. The zero-order valence-corrected chi connectivity index (χ0v) is 20.4. The Morgan fingerprint density at radius 2 is 1.25 bits per heavy atom. The fourth-order valence-electron chi connectivity index (χ4n) is 3.73. The quantitative estimate of drug-likeness (QED) is 0.171. The van der Waals surface area contributed by atoms with Crippen LogP contribution in [0.4, 0.5) is 0 Å². The molecule has 4 aromatic carbocycles. The molecular weight excluding hydrogens is 448 g/mol. The molecule has 0 aliphatic rings.